The normalized spacial score (nSPS) is 10.3. The van der Waals surface area contributed by atoms with Gasteiger partial charge >= 0.3 is 17.9 Å². The number of rotatable bonds is 8. The molecule has 0 radical (unpaired) electrons. The molecule has 0 saturated carbocycles. The minimum absolute atomic E-state index is 0.188. The fraction of sp³-hybridized carbons (Fsp3) is 0.179. The second-order valence-electron chi connectivity index (χ2n) is 7.92. The smallest absolute Gasteiger partial charge is 0.343 e. The molecular formula is C28H26O6. The lowest BCUT2D eigenvalue weighted by Gasteiger charge is -2.10. The third-order valence-corrected chi connectivity index (χ3v) is 5.07. The van der Waals surface area contributed by atoms with Gasteiger partial charge in [-0.1, -0.05) is 30.3 Å². The molecule has 0 aliphatic rings. The average molecular weight is 459 g/mol. The first-order valence-electron chi connectivity index (χ1n) is 10.8. The molecule has 174 valence electrons. The largest absolute Gasteiger partial charge is 0.462 e. The van der Waals surface area contributed by atoms with E-state index < -0.39 is 17.9 Å². The number of esters is 3. The molecule has 0 aliphatic carbocycles. The van der Waals surface area contributed by atoms with Gasteiger partial charge in [0.2, 0.25) is 0 Å². The highest BCUT2D eigenvalue weighted by molar-refractivity contribution is 5.92. The maximum absolute atomic E-state index is 12.6. The summed E-state index contributed by atoms with van der Waals surface area (Å²) in [5, 5.41) is 0. The van der Waals surface area contributed by atoms with Crippen molar-refractivity contribution in [2.24, 2.45) is 0 Å². The van der Waals surface area contributed by atoms with Gasteiger partial charge in [-0.15, -0.1) is 0 Å². The van der Waals surface area contributed by atoms with Gasteiger partial charge in [-0.25, -0.2) is 14.4 Å². The van der Waals surface area contributed by atoms with E-state index in [0.717, 1.165) is 16.7 Å². The van der Waals surface area contributed by atoms with E-state index in [1.165, 1.54) is 0 Å². The highest BCUT2D eigenvalue weighted by Crippen LogP contribution is 2.21. The Hall–Kier alpha value is -4.19. The Labute approximate surface area is 198 Å². The maximum atomic E-state index is 12.6. The van der Waals surface area contributed by atoms with E-state index in [0.29, 0.717) is 34.6 Å². The molecule has 3 aromatic rings. The molecule has 0 amide bonds. The molecule has 0 bridgehead atoms. The van der Waals surface area contributed by atoms with Crippen LogP contribution in [0.1, 0.15) is 44.3 Å². The fourth-order valence-corrected chi connectivity index (χ4v) is 3.04. The van der Waals surface area contributed by atoms with Gasteiger partial charge in [-0.3, -0.25) is 0 Å². The molecule has 0 saturated heterocycles. The zero-order valence-electron chi connectivity index (χ0n) is 19.4. The molecule has 0 N–H and O–H groups in total. The number of aryl methyl sites for hydroxylation is 2. The molecule has 0 atom stereocenters. The Morgan fingerprint density at radius 3 is 1.85 bits per heavy atom. The Bertz CT molecular complexity index is 1210. The highest BCUT2D eigenvalue weighted by atomic mass is 16.5. The van der Waals surface area contributed by atoms with Crippen LogP contribution in [0, 0.1) is 13.8 Å². The van der Waals surface area contributed by atoms with Gasteiger partial charge < -0.3 is 14.2 Å². The lowest BCUT2D eigenvalue weighted by molar-refractivity contribution is -0.138. The van der Waals surface area contributed by atoms with Crippen LogP contribution < -0.4 is 9.47 Å². The van der Waals surface area contributed by atoms with Crippen molar-refractivity contribution >= 4 is 17.9 Å². The fourth-order valence-electron chi connectivity index (χ4n) is 3.04. The summed E-state index contributed by atoms with van der Waals surface area (Å²) in [7, 11) is 0. The van der Waals surface area contributed by atoms with Crippen LogP contribution in [-0.4, -0.2) is 24.5 Å². The van der Waals surface area contributed by atoms with E-state index in [-0.39, 0.29) is 6.61 Å². The quantitative estimate of drug-likeness (QED) is 0.255. The first kappa shape index (κ1) is 24.5. The summed E-state index contributed by atoms with van der Waals surface area (Å²) in [5.41, 5.74) is 4.07. The maximum Gasteiger partial charge on any atom is 0.343 e. The Morgan fingerprint density at radius 1 is 0.765 bits per heavy atom. The van der Waals surface area contributed by atoms with Crippen molar-refractivity contribution in [2.75, 3.05) is 6.61 Å². The van der Waals surface area contributed by atoms with Gasteiger partial charge in [0.1, 0.15) is 11.5 Å². The Kier molecular flexibility index (Phi) is 7.98. The first-order chi connectivity index (χ1) is 16.2. The van der Waals surface area contributed by atoms with Crippen molar-refractivity contribution in [3.05, 3.63) is 107 Å². The van der Waals surface area contributed by atoms with Crippen molar-refractivity contribution < 1.29 is 28.6 Å². The minimum atomic E-state index is -0.524. The van der Waals surface area contributed by atoms with Crippen molar-refractivity contribution in [1.29, 1.82) is 0 Å². The van der Waals surface area contributed by atoms with E-state index in [2.05, 4.69) is 6.58 Å². The van der Waals surface area contributed by atoms with Crippen LogP contribution in [0.15, 0.2) is 78.9 Å². The van der Waals surface area contributed by atoms with Crippen LogP contribution >= 0.6 is 0 Å². The molecule has 6 heteroatoms. The molecule has 6 nitrogen and oxygen atoms in total. The van der Waals surface area contributed by atoms with Gasteiger partial charge in [0.15, 0.2) is 0 Å². The van der Waals surface area contributed by atoms with Crippen molar-refractivity contribution in [3.63, 3.8) is 0 Å². The van der Waals surface area contributed by atoms with Crippen molar-refractivity contribution in [3.8, 4) is 11.5 Å². The minimum Gasteiger partial charge on any atom is -0.462 e. The van der Waals surface area contributed by atoms with E-state index in [1.54, 1.807) is 55.5 Å². The molecule has 0 spiro atoms. The summed E-state index contributed by atoms with van der Waals surface area (Å²) in [4.78, 5) is 36.4. The summed E-state index contributed by atoms with van der Waals surface area (Å²) in [6.07, 6.45) is 0.465. The molecule has 34 heavy (non-hydrogen) atoms. The highest BCUT2D eigenvalue weighted by Gasteiger charge is 2.13. The van der Waals surface area contributed by atoms with E-state index in [9.17, 15) is 14.4 Å². The molecule has 3 aromatic carbocycles. The third-order valence-electron chi connectivity index (χ3n) is 5.07. The Balaban J connectivity index is 1.59. The molecular weight excluding hydrogens is 432 g/mol. The molecule has 3 rings (SSSR count). The number of benzene rings is 3. The number of ether oxygens (including phenoxy) is 3. The van der Waals surface area contributed by atoms with Gasteiger partial charge in [0.25, 0.3) is 0 Å². The zero-order chi connectivity index (χ0) is 24.7. The predicted octanol–water partition coefficient (Wildman–Crippen LogP) is 5.40. The van der Waals surface area contributed by atoms with E-state index >= 15 is 0 Å². The van der Waals surface area contributed by atoms with Crippen LogP contribution in [0.3, 0.4) is 0 Å². The summed E-state index contributed by atoms with van der Waals surface area (Å²) < 4.78 is 16.0. The average Bonchev–Trinajstić information content (AvgIpc) is 2.81. The molecule has 0 aromatic heterocycles. The molecule has 0 heterocycles. The van der Waals surface area contributed by atoms with Crippen molar-refractivity contribution in [1.82, 2.24) is 0 Å². The first-order valence-corrected chi connectivity index (χ1v) is 10.8. The second-order valence-corrected chi connectivity index (χ2v) is 7.92. The van der Waals surface area contributed by atoms with Crippen LogP contribution in [0.4, 0.5) is 0 Å². The molecule has 0 fully saturated rings. The van der Waals surface area contributed by atoms with Crippen LogP contribution in [0.25, 0.3) is 0 Å². The number of carbonyl (C=O) groups is 3. The second kappa shape index (κ2) is 11.1. The lowest BCUT2D eigenvalue weighted by Crippen LogP contribution is -2.11. The SMILES string of the molecule is C=C(C)C(=O)OCCc1cc(C(=O)Oc2ccc(OC(=O)c3ccc(C)cc3)cc2)ccc1C. The standard InChI is InChI=1S/C28H26O6/c1-18(2)26(29)32-16-15-22-17-23(10-7-20(22)4)28(31)34-25-13-11-24(12-14-25)33-27(30)21-8-5-19(3)6-9-21/h5-14,17H,1,15-16H2,2-4H3. The van der Waals surface area contributed by atoms with Gasteiger partial charge in [-0.05, 0) is 80.4 Å². The molecule has 0 aliphatic heterocycles. The number of hydrogen-bond donors (Lipinski definition) is 0. The van der Waals surface area contributed by atoms with E-state index in [1.807, 2.05) is 32.0 Å². The van der Waals surface area contributed by atoms with Gasteiger partial charge in [-0.2, -0.15) is 0 Å². The number of carbonyl (C=O) groups excluding carboxylic acids is 3. The monoisotopic (exact) mass is 458 g/mol. The summed E-state index contributed by atoms with van der Waals surface area (Å²) in [5.74, 6) is -0.776. The Morgan fingerprint density at radius 2 is 1.29 bits per heavy atom. The van der Waals surface area contributed by atoms with Gasteiger partial charge in [0.05, 0.1) is 17.7 Å². The lowest BCUT2D eigenvalue weighted by atomic mass is 10.0. The van der Waals surface area contributed by atoms with Gasteiger partial charge in [0, 0.05) is 12.0 Å². The van der Waals surface area contributed by atoms with Crippen LogP contribution in [0.2, 0.25) is 0 Å². The summed E-state index contributed by atoms with van der Waals surface area (Å²) in [6, 6.07) is 18.5. The van der Waals surface area contributed by atoms with E-state index in [4.69, 9.17) is 14.2 Å². The van der Waals surface area contributed by atoms with Crippen LogP contribution in [-0.2, 0) is 16.0 Å². The zero-order valence-corrected chi connectivity index (χ0v) is 19.4. The third kappa shape index (κ3) is 6.65. The molecule has 0 unspecified atom stereocenters. The summed E-state index contributed by atoms with van der Waals surface area (Å²) in [6.45, 7) is 9.18. The van der Waals surface area contributed by atoms with Crippen LogP contribution in [0.5, 0.6) is 11.5 Å². The summed E-state index contributed by atoms with van der Waals surface area (Å²) >= 11 is 0. The number of hydrogen-bond acceptors (Lipinski definition) is 6. The van der Waals surface area contributed by atoms with Crippen molar-refractivity contribution in [2.45, 2.75) is 27.2 Å². The topological polar surface area (TPSA) is 78.9 Å². The predicted molar refractivity (Wildman–Crippen MR) is 128 cm³/mol.